The summed E-state index contributed by atoms with van der Waals surface area (Å²) in [5.41, 5.74) is 16.0. The maximum absolute atomic E-state index is 2.28. The van der Waals surface area contributed by atoms with Gasteiger partial charge < -0.3 is 9.80 Å². The molecule has 9 aromatic rings. The lowest BCUT2D eigenvalue weighted by atomic mass is 9.95. The van der Waals surface area contributed by atoms with E-state index in [2.05, 4.69) is 289 Å². The Balaban J connectivity index is 0.933. The molecule has 0 fully saturated rings. The number of rotatable bonds is 13. The molecule has 0 amide bonds. The lowest BCUT2D eigenvalue weighted by Gasteiger charge is -2.25. The summed E-state index contributed by atoms with van der Waals surface area (Å²) in [4.78, 5) is 4.56. The highest BCUT2D eigenvalue weighted by Crippen LogP contribution is 2.36. The average Bonchev–Trinajstić information content (AvgIpc) is 3.35. The third kappa shape index (κ3) is 9.63. The molecule has 9 rings (SSSR count). The van der Waals surface area contributed by atoms with Gasteiger partial charge in [-0.1, -0.05) is 200 Å². The van der Waals surface area contributed by atoms with Crippen molar-refractivity contribution in [1.29, 1.82) is 0 Å². The van der Waals surface area contributed by atoms with E-state index >= 15 is 0 Å². The van der Waals surface area contributed by atoms with Crippen molar-refractivity contribution in [3.63, 3.8) is 0 Å². The minimum absolute atomic E-state index is 1.11. The maximum Gasteiger partial charge on any atom is 0.0462 e. The Morgan fingerprint density at radius 3 is 0.919 bits per heavy atom. The zero-order chi connectivity index (χ0) is 41.8. The lowest BCUT2D eigenvalue weighted by Crippen LogP contribution is -2.09. The molecule has 9 aromatic carbocycles. The molecule has 0 atom stereocenters. The van der Waals surface area contributed by atoms with Crippen molar-refractivity contribution in [2.24, 2.45) is 0 Å². The van der Waals surface area contributed by atoms with Crippen LogP contribution in [0.15, 0.2) is 243 Å². The first-order valence-electron chi connectivity index (χ1n) is 21.1. The lowest BCUT2D eigenvalue weighted by molar-refractivity contribution is 1.28. The second-order valence-corrected chi connectivity index (χ2v) is 15.1. The quantitative estimate of drug-likeness (QED) is 0.107. The van der Waals surface area contributed by atoms with Crippen LogP contribution in [0.4, 0.5) is 34.1 Å². The molecule has 296 valence electrons. The molecule has 0 saturated carbocycles. The highest BCUT2D eigenvalue weighted by Gasteiger charge is 2.13. The molecule has 0 unspecified atom stereocenters. The monoisotopic (exact) mass is 794 g/mol. The van der Waals surface area contributed by atoms with Crippen LogP contribution in [-0.4, -0.2) is 0 Å². The van der Waals surface area contributed by atoms with E-state index in [0.29, 0.717) is 0 Å². The minimum Gasteiger partial charge on any atom is -0.311 e. The Morgan fingerprint density at radius 1 is 0.226 bits per heavy atom. The van der Waals surface area contributed by atoms with Gasteiger partial charge in [-0.2, -0.15) is 0 Å². The summed E-state index contributed by atoms with van der Waals surface area (Å²) < 4.78 is 0. The molecular weight excluding hydrogens is 749 g/mol. The van der Waals surface area contributed by atoms with Crippen LogP contribution in [-0.2, 0) is 0 Å². The topological polar surface area (TPSA) is 6.48 Å². The van der Waals surface area contributed by atoms with Crippen LogP contribution < -0.4 is 9.80 Å². The van der Waals surface area contributed by atoms with Gasteiger partial charge in [0.2, 0.25) is 0 Å². The molecule has 0 aliphatic heterocycles. The predicted molar refractivity (Wildman–Crippen MR) is 267 cm³/mol. The summed E-state index contributed by atoms with van der Waals surface area (Å²) in [6.07, 6.45) is 13.2. The van der Waals surface area contributed by atoms with E-state index in [1.807, 2.05) is 0 Å². The highest BCUT2D eigenvalue weighted by molar-refractivity contribution is 5.85. The van der Waals surface area contributed by atoms with Crippen LogP contribution in [0.2, 0.25) is 0 Å². The molecule has 0 radical (unpaired) electrons. The van der Waals surface area contributed by atoms with Crippen molar-refractivity contribution in [3.05, 3.63) is 276 Å². The molecule has 2 heteroatoms. The second kappa shape index (κ2) is 19.2. The summed E-state index contributed by atoms with van der Waals surface area (Å²) in [7, 11) is 0. The zero-order valence-corrected chi connectivity index (χ0v) is 34.5. The normalized spacial score (nSPS) is 11.4. The molecular formula is C60H46N2. The molecule has 0 aliphatic carbocycles. The van der Waals surface area contributed by atoms with Crippen LogP contribution >= 0.6 is 0 Å². The molecule has 0 aliphatic rings. The van der Waals surface area contributed by atoms with Gasteiger partial charge in [0, 0.05) is 34.1 Å². The van der Waals surface area contributed by atoms with Gasteiger partial charge in [-0.15, -0.1) is 0 Å². The fraction of sp³-hybridized carbons (Fsp3) is 0. The van der Waals surface area contributed by atoms with E-state index < -0.39 is 0 Å². The van der Waals surface area contributed by atoms with Gasteiger partial charge >= 0.3 is 0 Å². The Morgan fingerprint density at radius 2 is 0.516 bits per heavy atom. The number of para-hydroxylation sites is 4. The van der Waals surface area contributed by atoms with Crippen LogP contribution in [0.1, 0.15) is 33.4 Å². The molecule has 0 N–H and O–H groups in total. The first-order valence-corrected chi connectivity index (χ1v) is 21.1. The van der Waals surface area contributed by atoms with E-state index in [0.717, 1.165) is 61.9 Å². The van der Waals surface area contributed by atoms with Gasteiger partial charge in [-0.25, -0.2) is 0 Å². The first kappa shape index (κ1) is 39.3. The Kier molecular flexibility index (Phi) is 12.2. The summed E-state index contributed by atoms with van der Waals surface area (Å²) in [5.74, 6) is 0. The van der Waals surface area contributed by atoms with E-state index in [4.69, 9.17) is 0 Å². The van der Waals surface area contributed by atoms with Gasteiger partial charge in [0.05, 0.1) is 0 Å². The number of anilines is 6. The number of nitrogens with zero attached hydrogens (tertiary/aromatic N) is 2. The number of hydrogen-bond acceptors (Lipinski definition) is 2. The van der Waals surface area contributed by atoms with Crippen molar-refractivity contribution in [3.8, 4) is 11.1 Å². The third-order valence-corrected chi connectivity index (χ3v) is 10.8. The second-order valence-electron chi connectivity index (χ2n) is 15.1. The van der Waals surface area contributed by atoms with Crippen molar-refractivity contribution in [2.75, 3.05) is 9.80 Å². The van der Waals surface area contributed by atoms with E-state index in [9.17, 15) is 0 Å². The Bertz CT molecular complexity index is 2800. The molecule has 0 heterocycles. The summed E-state index contributed by atoms with van der Waals surface area (Å²) in [6.45, 7) is 0. The smallest absolute Gasteiger partial charge is 0.0462 e. The Labute approximate surface area is 366 Å². The van der Waals surface area contributed by atoms with Gasteiger partial charge in [0.15, 0.2) is 0 Å². The molecule has 0 spiro atoms. The zero-order valence-electron chi connectivity index (χ0n) is 34.5. The predicted octanol–water partition coefficient (Wildman–Crippen LogP) is 16.8. The molecule has 62 heavy (non-hydrogen) atoms. The first-order chi connectivity index (χ1) is 30.7. The SMILES string of the molecule is C(=Cc1cc(C=Cc2ccc(N(c3ccccc3)c3ccccc3)cc2)ccc1-c1ccc(C=Cc2ccc(N(c3ccccc3)c3ccccc3)cc2)cc1)c1ccccc1. The summed E-state index contributed by atoms with van der Waals surface area (Å²) in [5, 5.41) is 0. The minimum atomic E-state index is 1.11. The van der Waals surface area contributed by atoms with Gasteiger partial charge in [-0.05, 0) is 123 Å². The van der Waals surface area contributed by atoms with Gasteiger partial charge in [0.25, 0.3) is 0 Å². The van der Waals surface area contributed by atoms with E-state index in [1.165, 1.54) is 16.7 Å². The van der Waals surface area contributed by atoms with Crippen LogP contribution in [0.5, 0.6) is 0 Å². The van der Waals surface area contributed by atoms with E-state index in [-0.39, 0.29) is 0 Å². The van der Waals surface area contributed by atoms with Crippen LogP contribution in [0, 0.1) is 0 Å². The Hall–Kier alpha value is -8.20. The fourth-order valence-corrected chi connectivity index (χ4v) is 7.67. The largest absolute Gasteiger partial charge is 0.311 e. The van der Waals surface area contributed by atoms with Gasteiger partial charge in [0.1, 0.15) is 0 Å². The highest BCUT2D eigenvalue weighted by atomic mass is 15.1. The molecule has 0 aromatic heterocycles. The van der Waals surface area contributed by atoms with Crippen LogP contribution in [0.25, 0.3) is 47.6 Å². The number of benzene rings is 9. The van der Waals surface area contributed by atoms with Crippen molar-refractivity contribution < 1.29 is 0 Å². The van der Waals surface area contributed by atoms with Crippen molar-refractivity contribution in [1.82, 2.24) is 0 Å². The maximum atomic E-state index is 2.28. The summed E-state index contributed by atoms with van der Waals surface area (Å²) >= 11 is 0. The van der Waals surface area contributed by atoms with E-state index in [1.54, 1.807) is 0 Å². The summed E-state index contributed by atoms with van der Waals surface area (Å²) in [6, 6.07) is 85.6. The average molecular weight is 795 g/mol. The molecule has 0 bridgehead atoms. The fourth-order valence-electron chi connectivity index (χ4n) is 7.67. The van der Waals surface area contributed by atoms with Gasteiger partial charge in [-0.3, -0.25) is 0 Å². The number of hydrogen-bond donors (Lipinski definition) is 0. The molecule has 2 nitrogen and oxygen atoms in total. The van der Waals surface area contributed by atoms with Crippen molar-refractivity contribution in [2.45, 2.75) is 0 Å². The third-order valence-electron chi connectivity index (χ3n) is 10.8. The van der Waals surface area contributed by atoms with Crippen LogP contribution in [0.3, 0.4) is 0 Å². The standard InChI is InChI=1S/C60H46N2/c1-6-16-47(17-7-1)32-40-53-46-51(29-28-50-35-43-59(44-36-50)62(56-22-12-4-13-23-56)57-24-14-5-15-25-57)37-45-60(53)52-38-30-48(31-39-52)26-27-49-33-41-58(42-34-49)61(54-18-8-2-9-19-54)55-20-10-3-11-21-55/h1-46H. The molecule has 0 saturated heterocycles. The van der Waals surface area contributed by atoms with Crippen molar-refractivity contribution >= 4 is 70.6 Å².